The second kappa shape index (κ2) is 7.55. The van der Waals surface area contributed by atoms with Crippen LogP contribution in [0, 0.1) is 12.3 Å². The first-order chi connectivity index (χ1) is 8.26. The summed E-state index contributed by atoms with van der Waals surface area (Å²) in [5.41, 5.74) is 0. The quantitative estimate of drug-likeness (QED) is 0.568. The van der Waals surface area contributed by atoms with E-state index in [1.807, 2.05) is 0 Å². The zero-order valence-corrected chi connectivity index (χ0v) is 9.76. The fourth-order valence-corrected chi connectivity index (χ4v) is 1.17. The summed E-state index contributed by atoms with van der Waals surface area (Å²) >= 11 is 0. The highest BCUT2D eigenvalue weighted by atomic mass is 16.5. The molecule has 0 amide bonds. The maximum absolute atomic E-state index is 9.49. The van der Waals surface area contributed by atoms with E-state index in [0.29, 0.717) is 5.75 Å². The fraction of sp³-hybridized carbons (Fsp3) is 0.385. The summed E-state index contributed by atoms with van der Waals surface area (Å²) in [4.78, 5) is 0. The molecule has 0 aliphatic carbocycles. The zero-order chi connectivity index (χ0) is 12.5. The Bertz CT molecular complexity index is 353. The van der Waals surface area contributed by atoms with E-state index in [2.05, 4.69) is 5.92 Å². The monoisotopic (exact) mass is 236 g/mol. The van der Waals surface area contributed by atoms with Crippen LogP contribution in [-0.2, 0) is 4.74 Å². The van der Waals surface area contributed by atoms with Gasteiger partial charge in [-0.25, -0.2) is 0 Å². The van der Waals surface area contributed by atoms with Gasteiger partial charge in [-0.15, -0.1) is 6.42 Å². The van der Waals surface area contributed by atoms with Gasteiger partial charge in [-0.1, -0.05) is 5.92 Å². The van der Waals surface area contributed by atoms with Gasteiger partial charge in [-0.3, -0.25) is 0 Å². The van der Waals surface area contributed by atoms with Crippen molar-refractivity contribution in [2.45, 2.75) is 6.10 Å². The summed E-state index contributed by atoms with van der Waals surface area (Å²) in [5, 5.41) is 9.49. The van der Waals surface area contributed by atoms with Gasteiger partial charge in [0.05, 0.1) is 13.7 Å². The average molecular weight is 236 g/mol. The van der Waals surface area contributed by atoms with E-state index in [0.717, 1.165) is 5.75 Å². The molecule has 0 fully saturated rings. The molecule has 0 aromatic heterocycles. The lowest BCUT2D eigenvalue weighted by Crippen LogP contribution is -2.23. The van der Waals surface area contributed by atoms with Gasteiger partial charge >= 0.3 is 0 Å². The van der Waals surface area contributed by atoms with Crippen LogP contribution in [0.25, 0.3) is 0 Å². The van der Waals surface area contributed by atoms with Gasteiger partial charge in [-0.2, -0.15) is 0 Å². The van der Waals surface area contributed by atoms with Crippen molar-refractivity contribution in [3.63, 3.8) is 0 Å². The van der Waals surface area contributed by atoms with Gasteiger partial charge in [-0.05, 0) is 24.3 Å². The number of ether oxygens (including phenoxy) is 3. The lowest BCUT2D eigenvalue weighted by atomic mass is 10.3. The van der Waals surface area contributed by atoms with E-state index in [9.17, 15) is 5.11 Å². The first-order valence-electron chi connectivity index (χ1n) is 5.22. The molecule has 0 spiro atoms. The van der Waals surface area contributed by atoms with Crippen LogP contribution in [0.1, 0.15) is 0 Å². The van der Waals surface area contributed by atoms with Crippen LogP contribution in [0.3, 0.4) is 0 Å². The van der Waals surface area contributed by atoms with Crippen LogP contribution in [0.5, 0.6) is 11.5 Å². The number of aliphatic hydroxyl groups is 1. The Morgan fingerprint density at radius 3 is 2.47 bits per heavy atom. The molecule has 0 bridgehead atoms. The van der Waals surface area contributed by atoms with Crippen molar-refractivity contribution in [2.75, 3.05) is 26.9 Å². The smallest absolute Gasteiger partial charge is 0.119 e. The van der Waals surface area contributed by atoms with Gasteiger partial charge in [0.15, 0.2) is 0 Å². The standard InChI is InChI=1S/C13H16O4/c1-3-8-16-9-11(14)10-17-13-6-4-12(15-2)5-7-13/h1,4-7,11,14H,8-10H2,2H3. The third kappa shape index (κ3) is 5.25. The molecule has 1 aromatic rings. The third-order valence-corrected chi connectivity index (χ3v) is 2.00. The minimum absolute atomic E-state index is 0.164. The van der Waals surface area contributed by atoms with Crippen LogP contribution in [0.15, 0.2) is 24.3 Å². The first-order valence-corrected chi connectivity index (χ1v) is 5.22. The molecule has 1 unspecified atom stereocenters. The zero-order valence-electron chi connectivity index (χ0n) is 9.76. The molecule has 0 aliphatic heterocycles. The van der Waals surface area contributed by atoms with Crippen molar-refractivity contribution < 1.29 is 19.3 Å². The Morgan fingerprint density at radius 1 is 1.24 bits per heavy atom. The molecule has 92 valence electrons. The minimum atomic E-state index is -0.689. The van der Waals surface area contributed by atoms with Crippen molar-refractivity contribution in [1.29, 1.82) is 0 Å². The summed E-state index contributed by atoms with van der Waals surface area (Å²) in [6, 6.07) is 7.12. The van der Waals surface area contributed by atoms with Crippen molar-refractivity contribution in [2.24, 2.45) is 0 Å². The minimum Gasteiger partial charge on any atom is -0.497 e. The molecule has 4 heteroatoms. The summed E-state index contributed by atoms with van der Waals surface area (Å²) in [5.74, 6) is 3.75. The molecule has 0 saturated heterocycles. The predicted molar refractivity (Wildman–Crippen MR) is 64.1 cm³/mol. The molecule has 17 heavy (non-hydrogen) atoms. The van der Waals surface area contributed by atoms with E-state index in [4.69, 9.17) is 20.6 Å². The summed E-state index contributed by atoms with van der Waals surface area (Å²) < 4.78 is 15.4. The molecule has 0 saturated carbocycles. The second-order valence-electron chi connectivity index (χ2n) is 3.36. The van der Waals surface area contributed by atoms with Crippen LogP contribution >= 0.6 is 0 Å². The number of aliphatic hydroxyl groups excluding tert-OH is 1. The number of hydrogen-bond acceptors (Lipinski definition) is 4. The first kappa shape index (κ1) is 13.4. The third-order valence-electron chi connectivity index (χ3n) is 2.00. The van der Waals surface area contributed by atoms with E-state index >= 15 is 0 Å². The predicted octanol–water partition coefficient (Wildman–Crippen LogP) is 1.08. The van der Waals surface area contributed by atoms with Gasteiger partial charge in [0.1, 0.15) is 30.8 Å². The Balaban J connectivity index is 2.27. The molecule has 1 rings (SSSR count). The Labute approximate surface area is 101 Å². The van der Waals surface area contributed by atoms with Crippen molar-refractivity contribution in [3.8, 4) is 23.8 Å². The number of benzene rings is 1. The van der Waals surface area contributed by atoms with E-state index < -0.39 is 6.10 Å². The lowest BCUT2D eigenvalue weighted by Gasteiger charge is -2.12. The molecule has 0 heterocycles. The second-order valence-corrected chi connectivity index (χ2v) is 3.36. The van der Waals surface area contributed by atoms with Crippen molar-refractivity contribution in [1.82, 2.24) is 0 Å². The molecule has 1 N–H and O–H groups in total. The Kier molecular flexibility index (Phi) is 5.94. The Hall–Kier alpha value is -1.70. The van der Waals surface area contributed by atoms with Crippen LogP contribution in [-0.4, -0.2) is 38.1 Å². The Morgan fingerprint density at radius 2 is 1.88 bits per heavy atom. The van der Waals surface area contributed by atoms with Crippen LogP contribution < -0.4 is 9.47 Å². The van der Waals surface area contributed by atoms with E-state index in [1.54, 1.807) is 31.4 Å². The van der Waals surface area contributed by atoms with Crippen LogP contribution in [0.2, 0.25) is 0 Å². The highest BCUT2D eigenvalue weighted by Crippen LogP contribution is 2.16. The number of rotatable bonds is 7. The summed E-state index contributed by atoms with van der Waals surface area (Å²) in [6.45, 7) is 0.525. The number of hydrogen-bond donors (Lipinski definition) is 1. The average Bonchev–Trinajstić information content (AvgIpc) is 2.37. The molecule has 1 atom stereocenters. The molecule has 4 nitrogen and oxygen atoms in total. The highest BCUT2D eigenvalue weighted by Gasteiger charge is 2.05. The lowest BCUT2D eigenvalue weighted by molar-refractivity contribution is 0.0229. The SMILES string of the molecule is C#CCOCC(O)COc1ccc(OC)cc1. The summed E-state index contributed by atoms with van der Waals surface area (Å²) in [6.07, 6.45) is 4.32. The normalized spacial score (nSPS) is 11.6. The number of methoxy groups -OCH3 is 1. The highest BCUT2D eigenvalue weighted by molar-refractivity contribution is 5.31. The fourth-order valence-electron chi connectivity index (χ4n) is 1.17. The number of terminal acetylenes is 1. The molecule has 0 aliphatic rings. The van der Waals surface area contributed by atoms with Gasteiger partial charge in [0.2, 0.25) is 0 Å². The molecular formula is C13H16O4. The molecule has 1 aromatic carbocycles. The van der Waals surface area contributed by atoms with E-state index in [-0.39, 0.29) is 19.8 Å². The maximum Gasteiger partial charge on any atom is 0.119 e. The largest absolute Gasteiger partial charge is 0.497 e. The van der Waals surface area contributed by atoms with E-state index in [1.165, 1.54) is 0 Å². The molecule has 0 radical (unpaired) electrons. The van der Waals surface area contributed by atoms with Gasteiger partial charge in [0.25, 0.3) is 0 Å². The van der Waals surface area contributed by atoms with Crippen LogP contribution in [0.4, 0.5) is 0 Å². The van der Waals surface area contributed by atoms with Gasteiger partial charge < -0.3 is 19.3 Å². The maximum atomic E-state index is 9.49. The van der Waals surface area contributed by atoms with Crippen molar-refractivity contribution >= 4 is 0 Å². The summed E-state index contributed by atoms with van der Waals surface area (Å²) in [7, 11) is 1.60. The van der Waals surface area contributed by atoms with Gasteiger partial charge in [0, 0.05) is 0 Å². The van der Waals surface area contributed by atoms with Crippen molar-refractivity contribution in [3.05, 3.63) is 24.3 Å². The topological polar surface area (TPSA) is 47.9 Å². The molecular weight excluding hydrogens is 220 g/mol.